The van der Waals surface area contributed by atoms with Gasteiger partial charge in [-0.1, -0.05) is 140 Å². The summed E-state index contributed by atoms with van der Waals surface area (Å²) in [6.07, 6.45) is 0. The maximum atomic E-state index is 6.49. The summed E-state index contributed by atoms with van der Waals surface area (Å²) in [6, 6.07) is 61.2. The lowest BCUT2D eigenvalue weighted by Crippen LogP contribution is -1.99. The van der Waals surface area contributed by atoms with Crippen LogP contribution in [0.2, 0.25) is 0 Å². The minimum atomic E-state index is 0.667. The summed E-state index contributed by atoms with van der Waals surface area (Å²) in [5.74, 6) is 0.667. The highest BCUT2D eigenvalue weighted by molar-refractivity contribution is 6.11. The van der Waals surface area contributed by atoms with Gasteiger partial charge in [-0.05, 0) is 42.0 Å². The molecule has 0 fully saturated rings. The number of benzene rings is 7. The normalized spacial score (nSPS) is 11.6. The molecule has 7 aromatic carbocycles. The molecule has 0 aliphatic carbocycles. The molecule has 4 heteroatoms. The fourth-order valence-corrected chi connectivity index (χ4v) is 7.36. The highest BCUT2D eigenvalue weighted by atomic mass is 16.3. The van der Waals surface area contributed by atoms with E-state index in [2.05, 4.69) is 162 Å². The summed E-state index contributed by atoms with van der Waals surface area (Å²) in [5, 5.41) is 4.67. The first-order valence-corrected chi connectivity index (χ1v) is 16.8. The molecule has 0 aliphatic heterocycles. The minimum Gasteiger partial charge on any atom is -0.455 e. The molecule has 0 N–H and O–H groups in total. The summed E-state index contributed by atoms with van der Waals surface area (Å²) in [7, 11) is 0. The van der Waals surface area contributed by atoms with Crippen LogP contribution < -0.4 is 0 Å². The largest absolute Gasteiger partial charge is 0.455 e. The second kappa shape index (κ2) is 11.4. The Bertz CT molecular complexity index is 2830. The zero-order chi connectivity index (χ0) is 33.0. The number of furan rings is 1. The Morgan fingerprint density at radius 2 is 0.980 bits per heavy atom. The molecule has 3 heterocycles. The van der Waals surface area contributed by atoms with Gasteiger partial charge < -0.3 is 8.98 Å². The average molecular weight is 640 g/mol. The van der Waals surface area contributed by atoms with Crippen molar-refractivity contribution in [1.82, 2.24) is 14.5 Å². The molecule has 0 bridgehead atoms. The molecule has 10 aromatic rings. The fraction of sp³-hybridized carbons (Fsp3) is 0. The van der Waals surface area contributed by atoms with Gasteiger partial charge in [0, 0.05) is 49.5 Å². The molecule has 4 nitrogen and oxygen atoms in total. The smallest absolute Gasteiger partial charge is 0.160 e. The first kappa shape index (κ1) is 28.3. The van der Waals surface area contributed by atoms with Crippen molar-refractivity contribution in [3.63, 3.8) is 0 Å². The second-order valence-electron chi connectivity index (χ2n) is 12.6. The molecule has 0 aliphatic rings. The van der Waals surface area contributed by atoms with Gasteiger partial charge >= 0.3 is 0 Å². The number of hydrogen-bond donors (Lipinski definition) is 0. The van der Waals surface area contributed by atoms with E-state index >= 15 is 0 Å². The van der Waals surface area contributed by atoms with Crippen LogP contribution >= 0.6 is 0 Å². The molecule has 0 saturated carbocycles. The quantitative estimate of drug-likeness (QED) is 0.188. The van der Waals surface area contributed by atoms with Crippen LogP contribution in [0, 0.1) is 0 Å². The van der Waals surface area contributed by atoms with Crippen LogP contribution in [0.25, 0.3) is 94.5 Å². The SMILES string of the molecule is c1ccc(-c2cc(-c3ccccc3-c3cccc4c3oc3ccccc34)nc(-c3cccc(-n4c5ccccc5c5ccccc54)c3)n2)cc1. The van der Waals surface area contributed by atoms with Crippen LogP contribution in [-0.4, -0.2) is 14.5 Å². The van der Waals surface area contributed by atoms with Crippen molar-refractivity contribution in [1.29, 1.82) is 0 Å². The number of nitrogens with zero attached hydrogens (tertiary/aromatic N) is 3. The Balaban J connectivity index is 1.18. The molecule has 0 saturated heterocycles. The van der Waals surface area contributed by atoms with E-state index in [4.69, 9.17) is 14.4 Å². The van der Waals surface area contributed by atoms with Crippen LogP contribution in [0.15, 0.2) is 180 Å². The van der Waals surface area contributed by atoms with Crippen molar-refractivity contribution in [3.8, 4) is 50.7 Å². The molecule has 234 valence electrons. The molecule has 0 unspecified atom stereocenters. The fourth-order valence-electron chi connectivity index (χ4n) is 7.36. The first-order valence-electron chi connectivity index (χ1n) is 16.8. The molecule has 0 radical (unpaired) electrons. The molecule has 0 amide bonds. The average Bonchev–Trinajstić information content (AvgIpc) is 3.74. The van der Waals surface area contributed by atoms with E-state index in [1.54, 1.807) is 0 Å². The molecule has 0 spiro atoms. The minimum absolute atomic E-state index is 0.667. The van der Waals surface area contributed by atoms with Gasteiger partial charge in [0.2, 0.25) is 0 Å². The predicted molar refractivity (Wildman–Crippen MR) is 205 cm³/mol. The lowest BCUT2D eigenvalue weighted by Gasteiger charge is -2.14. The van der Waals surface area contributed by atoms with Crippen molar-refractivity contribution in [2.24, 2.45) is 0 Å². The van der Waals surface area contributed by atoms with E-state index in [9.17, 15) is 0 Å². The van der Waals surface area contributed by atoms with Gasteiger partial charge in [-0.15, -0.1) is 0 Å². The molecule has 3 aromatic heterocycles. The van der Waals surface area contributed by atoms with Crippen molar-refractivity contribution >= 4 is 43.7 Å². The first-order chi connectivity index (χ1) is 24.8. The maximum absolute atomic E-state index is 6.49. The highest BCUT2D eigenvalue weighted by Gasteiger charge is 2.19. The van der Waals surface area contributed by atoms with Crippen LogP contribution in [0.1, 0.15) is 0 Å². The number of rotatable bonds is 5. The number of fused-ring (bicyclic) bond motifs is 6. The Hall–Kier alpha value is -6.78. The van der Waals surface area contributed by atoms with Gasteiger partial charge in [-0.25, -0.2) is 9.97 Å². The van der Waals surface area contributed by atoms with Crippen molar-refractivity contribution in [2.45, 2.75) is 0 Å². The van der Waals surface area contributed by atoms with E-state index in [-0.39, 0.29) is 0 Å². The third-order valence-electron chi connectivity index (χ3n) is 9.64. The molecule has 50 heavy (non-hydrogen) atoms. The molecule has 0 atom stereocenters. The number of aromatic nitrogens is 3. The number of hydrogen-bond acceptors (Lipinski definition) is 3. The lowest BCUT2D eigenvalue weighted by atomic mass is 9.95. The maximum Gasteiger partial charge on any atom is 0.160 e. The van der Waals surface area contributed by atoms with E-state index < -0.39 is 0 Å². The van der Waals surface area contributed by atoms with Gasteiger partial charge in [0.05, 0.1) is 22.4 Å². The summed E-state index contributed by atoms with van der Waals surface area (Å²) in [5.41, 5.74) is 11.9. The van der Waals surface area contributed by atoms with E-state index in [0.717, 1.165) is 66.8 Å². The Kier molecular flexibility index (Phi) is 6.46. The Morgan fingerprint density at radius 3 is 1.78 bits per heavy atom. The van der Waals surface area contributed by atoms with Gasteiger partial charge in [-0.2, -0.15) is 0 Å². The van der Waals surface area contributed by atoms with Gasteiger partial charge in [0.25, 0.3) is 0 Å². The molecular formula is C46H29N3O. The van der Waals surface area contributed by atoms with Crippen LogP contribution in [0.4, 0.5) is 0 Å². The highest BCUT2D eigenvalue weighted by Crippen LogP contribution is 2.40. The summed E-state index contributed by atoms with van der Waals surface area (Å²) >= 11 is 0. The third kappa shape index (κ3) is 4.54. The summed E-state index contributed by atoms with van der Waals surface area (Å²) in [4.78, 5) is 10.5. The zero-order valence-corrected chi connectivity index (χ0v) is 27.0. The monoisotopic (exact) mass is 639 g/mol. The Labute approximate surface area is 288 Å². The lowest BCUT2D eigenvalue weighted by molar-refractivity contribution is 0.670. The topological polar surface area (TPSA) is 43.9 Å². The van der Waals surface area contributed by atoms with E-state index in [1.807, 2.05) is 18.2 Å². The Morgan fingerprint density at radius 1 is 0.400 bits per heavy atom. The zero-order valence-electron chi connectivity index (χ0n) is 27.0. The van der Waals surface area contributed by atoms with Gasteiger partial charge in [0.15, 0.2) is 5.82 Å². The van der Waals surface area contributed by atoms with Crippen LogP contribution in [0.5, 0.6) is 0 Å². The van der Waals surface area contributed by atoms with E-state index in [0.29, 0.717) is 5.82 Å². The van der Waals surface area contributed by atoms with E-state index in [1.165, 1.54) is 21.8 Å². The molecule has 10 rings (SSSR count). The number of para-hydroxylation sites is 4. The summed E-state index contributed by atoms with van der Waals surface area (Å²) in [6.45, 7) is 0. The standard InChI is InChI=1S/C46H29N3O/c1-2-14-30(15-3-1)40-29-41(34-19-5-4-18-33(34)38-23-13-24-39-37-22-8-11-27-44(37)50-45(38)39)48-46(47-40)31-16-12-17-32(28-31)49-42-25-9-6-20-35(42)36-21-7-10-26-43(36)49/h1-29H. The van der Waals surface area contributed by atoms with Gasteiger partial charge in [0.1, 0.15) is 11.2 Å². The van der Waals surface area contributed by atoms with Crippen molar-refractivity contribution in [2.75, 3.05) is 0 Å². The van der Waals surface area contributed by atoms with Crippen LogP contribution in [0.3, 0.4) is 0 Å². The second-order valence-corrected chi connectivity index (χ2v) is 12.6. The van der Waals surface area contributed by atoms with Crippen molar-refractivity contribution in [3.05, 3.63) is 176 Å². The predicted octanol–water partition coefficient (Wildman–Crippen LogP) is 12.1. The van der Waals surface area contributed by atoms with Crippen molar-refractivity contribution < 1.29 is 4.42 Å². The molecular weight excluding hydrogens is 611 g/mol. The van der Waals surface area contributed by atoms with Crippen LogP contribution in [-0.2, 0) is 0 Å². The van der Waals surface area contributed by atoms with Gasteiger partial charge in [-0.3, -0.25) is 0 Å². The third-order valence-corrected chi connectivity index (χ3v) is 9.64. The summed E-state index contributed by atoms with van der Waals surface area (Å²) < 4.78 is 8.82.